The van der Waals surface area contributed by atoms with Crippen LogP contribution in [0.25, 0.3) is 0 Å². The van der Waals surface area contributed by atoms with Gasteiger partial charge in [0.25, 0.3) is 0 Å². The number of carbonyl (C=O) groups is 1. The highest BCUT2D eigenvalue weighted by atomic mass is 16.1. The van der Waals surface area contributed by atoms with Crippen LogP contribution in [0.15, 0.2) is 0 Å². The average Bonchev–Trinajstić information content (AvgIpc) is 1.81. The molecule has 3 saturated carbocycles. The van der Waals surface area contributed by atoms with Crippen LogP contribution in [0.4, 0.5) is 0 Å². The fraction of sp³-hybridized carbons (Fsp3) is 0.909. The van der Waals surface area contributed by atoms with Crippen molar-refractivity contribution in [2.75, 3.05) is 0 Å². The van der Waals surface area contributed by atoms with E-state index in [1.807, 2.05) is 0 Å². The first-order chi connectivity index (χ1) is 5.36. The molecule has 0 heterocycles. The fourth-order valence-corrected chi connectivity index (χ4v) is 3.49. The van der Waals surface area contributed by atoms with Gasteiger partial charge in [0.15, 0.2) is 0 Å². The Hall–Kier alpha value is -0.330. The van der Waals surface area contributed by atoms with Gasteiger partial charge < -0.3 is 0 Å². The van der Waals surface area contributed by atoms with Crippen LogP contribution in [0, 0.1) is 22.7 Å². The molecule has 0 aromatic rings. The highest BCUT2D eigenvalue weighted by Gasteiger charge is 2.61. The van der Waals surface area contributed by atoms with Crippen molar-refractivity contribution >= 4 is 5.78 Å². The molecule has 68 valence electrons. The molecule has 0 aliphatic heterocycles. The molecular formula is C11H18O. The first-order valence-corrected chi connectivity index (χ1v) is 4.88. The van der Waals surface area contributed by atoms with Crippen LogP contribution in [0.1, 0.15) is 40.5 Å². The Morgan fingerprint density at radius 2 is 1.83 bits per heavy atom. The van der Waals surface area contributed by atoms with Gasteiger partial charge in [0.2, 0.25) is 0 Å². The van der Waals surface area contributed by atoms with Crippen molar-refractivity contribution < 1.29 is 4.79 Å². The lowest BCUT2D eigenvalue weighted by Gasteiger charge is -2.62. The zero-order valence-corrected chi connectivity index (χ0v) is 8.48. The number of hydrogen-bond acceptors (Lipinski definition) is 1. The van der Waals surface area contributed by atoms with Crippen LogP contribution in [0.5, 0.6) is 0 Å². The maximum absolute atomic E-state index is 11.7. The van der Waals surface area contributed by atoms with Crippen molar-refractivity contribution in [2.45, 2.75) is 40.5 Å². The molecule has 0 amide bonds. The van der Waals surface area contributed by atoms with Crippen LogP contribution in [0.2, 0.25) is 0 Å². The van der Waals surface area contributed by atoms with Gasteiger partial charge in [-0.1, -0.05) is 27.7 Å². The second-order valence-electron chi connectivity index (χ2n) is 5.79. The second kappa shape index (κ2) is 1.94. The highest BCUT2D eigenvalue weighted by Crippen LogP contribution is 2.64. The molecule has 3 fully saturated rings. The maximum atomic E-state index is 11.7. The standard InChI is InChI=1S/C11H18O/c1-10(2)6-8(12)7-5-9(10)11(7,3)4/h7,9H,5-6H2,1-4H3/t7-,9+/m0/s1. The van der Waals surface area contributed by atoms with E-state index in [-0.39, 0.29) is 5.41 Å². The quantitative estimate of drug-likeness (QED) is 0.540. The number of ketones is 1. The third-order valence-corrected chi connectivity index (χ3v) is 4.23. The molecule has 0 radical (unpaired) electrons. The molecule has 0 saturated heterocycles. The van der Waals surface area contributed by atoms with Gasteiger partial charge in [-0.3, -0.25) is 4.79 Å². The normalized spacial score (nSPS) is 42.2. The van der Waals surface area contributed by atoms with Gasteiger partial charge in [-0.25, -0.2) is 0 Å². The predicted molar refractivity (Wildman–Crippen MR) is 48.8 cm³/mol. The minimum atomic E-state index is 0.259. The van der Waals surface area contributed by atoms with E-state index in [0.29, 0.717) is 17.1 Å². The Kier molecular flexibility index (Phi) is 1.34. The van der Waals surface area contributed by atoms with Gasteiger partial charge in [-0.2, -0.15) is 0 Å². The summed E-state index contributed by atoms with van der Waals surface area (Å²) in [7, 11) is 0. The van der Waals surface area contributed by atoms with Crippen molar-refractivity contribution in [3.8, 4) is 0 Å². The fourth-order valence-electron chi connectivity index (χ4n) is 3.49. The third-order valence-electron chi connectivity index (χ3n) is 4.23. The first-order valence-electron chi connectivity index (χ1n) is 4.88. The van der Waals surface area contributed by atoms with Crippen molar-refractivity contribution in [2.24, 2.45) is 22.7 Å². The summed E-state index contributed by atoms with van der Waals surface area (Å²) in [5.74, 6) is 1.66. The average molecular weight is 166 g/mol. The van der Waals surface area contributed by atoms with E-state index in [1.165, 1.54) is 0 Å². The van der Waals surface area contributed by atoms with Crippen LogP contribution in [0.3, 0.4) is 0 Å². The summed E-state index contributed by atoms with van der Waals surface area (Å²) >= 11 is 0. The molecule has 3 rings (SSSR count). The Balaban J connectivity index is 2.34. The highest BCUT2D eigenvalue weighted by molar-refractivity contribution is 5.85. The molecule has 1 nitrogen and oxygen atoms in total. The van der Waals surface area contributed by atoms with E-state index in [2.05, 4.69) is 27.7 Å². The largest absolute Gasteiger partial charge is 0.299 e. The van der Waals surface area contributed by atoms with Gasteiger partial charge in [-0.15, -0.1) is 0 Å². The van der Waals surface area contributed by atoms with Crippen molar-refractivity contribution in [1.29, 1.82) is 0 Å². The van der Waals surface area contributed by atoms with Gasteiger partial charge in [-0.05, 0) is 23.2 Å². The van der Waals surface area contributed by atoms with Crippen LogP contribution in [-0.2, 0) is 4.79 Å². The summed E-state index contributed by atoms with van der Waals surface area (Å²) in [6, 6.07) is 0. The Bertz CT molecular complexity index is 229. The summed E-state index contributed by atoms with van der Waals surface area (Å²) in [6.45, 7) is 8.99. The third kappa shape index (κ3) is 0.773. The molecule has 0 spiro atoms. The minimum Gasteiger partial charge on any atom is -0.299 e. The molecule has 2 atom stereocenters. The first kappa shape index (κ1) is 8.28. The smallest absolute Gasteiger partial charge is 0.137 e. The van der Waals surface area contributed by atoms with Gasteiger partial charge in [0.1, 0.15) is 5.78 Å². The molecule has 2 bridgehead atoms. The van der Waals surface area contributed by atoms with Crippen LogP contribution in [-0.4, -0.2) is 5.78 Å². The topological polar surface area (TPSA) is 17.1 Å². The van der Waals surface area contributed by atoms with E-state index in [9.17, 15) is 4.79 Å². The Morgan fingerprint density at radius 3 is 2.17 bits per heavy atom. The van der Waals surface area contributed by atoms with E-state index in [1.54, 1.807) is 0 Å². The number of rotatable bonds is 0. The Morgan fingerprint density at radius 1 is 1.25 bits per heavy atom. The summed E-state index contributed by atoms with van der Waals surface area (Å²) in [5, 5.41) is 0. The number of carbonyl (C=O) groups excluding carboxylic acids is 1. The molecule has 3 aliphatic rings. The number of fused-ring (bicyclic) bond motifs is 2. The van der Waals surface area contributed by atoms with Crippen molar-refractivity contribution in [3.05, 3.63) is 0 Å². The molecule has 0 unspecified atom stereocenters. The SMILES string of the molecule is CC1(C)CC(=O)[C@@H]2C[C@H]1C2(C)C. The van der Waals surface area contributed by atoms with Crippen LogP contribution < -0.4 is 0 Å². The maximum Gasteiger partial charge on any atom is 0.137 e. The summed E-state index contributed by atoms with van der Waals surface area (Å²) < 4.78 is 0. The molecule has 3 aliphatic carbocycles. The minimum absolute atomic E-state index is 0.259. The van der Waals surface area contributed by atoms with Gasteiger partial charge in [0.05, 0.1) is 0 Å². The number of hydrogen-bond donors (Lipinski definition) is 0. The molecule has 0 aromatic heterocycles. The van der Waals surface area contributed by atoms with Gasteiger partial charge in [0, 0.05) is 12.3 Å². The summed E-state index contributed by atoms with van der Waals surface area (Å²) in [6.07, 6.45) is 1.96. The zero-order chi connectivity index (χ0) is 9.15. The monoisotopic (exact) mass is 166 g/mol. The van der Waals surface area contributed by atoms with E-state index >= 15 is 0 Å². The summed E-state index contributed by atoms with van der Waals surface area (Å²) in [4.78, 5) is 11.7. The second-order valence-corrected chi connectivity index (χ2v) is 5.79. The Labute approximate surface area is 74.5 Å². The summed E-state index contributed by atoms with van der Waals surface area (Å²) in [5.41, 5.74) is 0.550. The van der Waals surface area contributed by atoms with Crippen molar-refractivity contribution in [1.82, 2.24) is 0 Å². The lowest BCUT2D eigenvalue weighted by molar-refractivity contribution is -0.170. The lowest BCUT2D eigenvalue weighted by atomic mass is 9.41. The predicted octanol–water partition coefficient (Wildman–Crippen LogP) is 2.65. The molecular weight excluding hydrogens is 148 g/mol. The molecule has 1 heteroatoms. The molecule has 0 aromatic carbocycles. The molecule has 12 heavy (non-hydrogen) atoms. The van der Waals surface area contributed by atoms with E-state index < -0.39 is 0 Å². The van der Waals surface area contributed by atoms with Crippen LogP contribution >= 0.6 is 0 Å². The van der Waals surface area contributed by atoms with Gasteiger partial charge >= 0.3 is 0 Å². The van der Waals surface area contributed by atoms with E-state index in [4.69, 9.17) is 0 Å². The lowest BCUT2D eigenvalue weighted by Crippen LogP contribution is -2.60. The van der Waals surface area contributed by atoms with Crippen molar-refractivity contribution in [3.63, 3.8) is 0 Å². The zero-order valence-electron chi connectivity index (χ0n) is 8.48. The molecule has 0 N–H and O–H groups in total. The van der Waals surface area contributed by atoms with E-state index in [0.717, 1.165) is 18.8 Å². The number of Topliss-reactive ketones (excluding diaryl/α,β-unsaturated/α-hetero) is 1.